The second kappa shape index (κ2) is 8.87. The number of ether oxygens (including phenoxy) is 1. The van der Waals surface area contributed by atoms with E-state index in [1.807, 2.05) is 32.0 Å². The molecule has 3 rings (SSSR count). The molecule has 1 saturated heterocycles. The fourth-order valence-corrected chi connectivity index (χ4v) is 3.25. The Labute approximate surface area is 164 Å². The zero-order chi connectivity index (χ0) is 20.1. The van der Waals surface area contributed by atoms with Gasteiger partial charge in [-0.2, -0.15) is 0 Å². The molecule has 1 heterocycles. The molecule has 0 bridgehead atoms. The van der Waals surface area contributed by atoms with E-state index < -0.39 is 5.82 Å². The third-order valence-corrected chi connectivity index (χ3v) is 5.15. The van der Waals surface area contributed by atoms with Gasteiger partial charge in [0.05, 0.1) is 18.6 Å². The number of piperazine rings is 1. The maximum absolute atomic E-state index is 13.8. The van der Waals surface area contributed by atoms with Crippen molar-refractivity contribution in [2.75, 3.05) is 32.8 Å². The van der Waals surface area contributed by atoms with Crippen LogP contribution in [-0.4, -0.2) is 54.4 Å². The van der Waals surface area contributed by atoms with Crippen molar-refractivity contribution in [3.8, 4) is 5.75 Å². The molecule has 1 fully saturated rings. The Balaban J connectivity index is 1.47. The van der Waals surface area contributed by atoms with Gasteiger partial charge < -0.3 is 14.5 Å². The van der Waals surface area contributed by atoms with Crippen molar-refractivity contribution in [2.45, 2.75) is 20.3 Å². The van der Waals surface area contributed by atoms with E-state index in [0.29, 0.717) is 32.8 Å². The summed E-state index contributed by atoms with van der Waals surface area (Å²) in [5, 5.41) is 0. The molecule has 5 nitrogen and oxygen atoms in total. The number of halogens is 1. The van der Waals surface area contributed by atoms with Gasteiger partial charge in [-0.15, -0.1) is 0 Å². The number of rotatable bonds is 5. The maximum atomic E-state index is 13.8. The van der Waals surface area contributed by atoms with Crippen LogP contribution in [0.3, 0.4) is 0 Å². The molecule has 2 aromatic carbocycles. The van der Waals surface area contributed by atoms with Gasteiger partial charge in [0.25, 0.3) is 5.91 Å². The number of hydrogen-bond acceptors (Lipinski definition) is 3. The molecule has 0 radical (unpaired) electrons. The zero-order valence-corrected chi connectivity index (χ0v) is 16.3. The normalized spacial score (nSPS) is 14.1. The molecule has 1 aliphatic heterocycles. The Bertz CT molecular complexity index is 861. The largest absolute Gasteiger partial charge is 0.493 e. The van der Waals surface area contributed by atoms with Gasteiger partial charge in [-0.1, -0.05) is 24.3 Å². The van der Waals surface area contributed by atoms with Crippen LogP contribution in [0.15, 0.2) is 42.5 Å². The first-order valence-corrected chi connectivity index (χ1v) is 9.48. The fraction of sp³-hybridized carbons (Fsp3) is 0.364. The third-order valence-electron chi connectivity index (χ3n) is 5.15. The van der Waals surface area contributed by atoms with Crippen molar-refractivity contribution in [3.63, 3.8) is 0 Å². The van der Waals surface area contributed by atoms with Crippen LogP contribution in [0.2, 0.25) is 0 Å². The Morgan fingerprint density at radius 2 is 1.64 bits per heavy atom. The standard InChI is InChI=1S/C22H25FN2O3/c1-16-6-5-9-20(17(16)2)28-15-10-21(26)24-11-13-25(14-12-24)22(27)18-7-3-4-8-19(18)23/h3-9H,10-15H2,1-2H3. The molecular weight excluding hydrogens is 359 g/mol. The van der Waals surface area contributed by atoms with Gasteiger partial charge >= 0.3 is 0 Å². The van der Waals surface area contributed by atoms with E-state index in [1.165, 1.54) is 12.1 Å². The van der Waals surface area contributed by atoms with E-state index in [1.54, 1.807) is 21.9 Å². The Morgan fingerprint density at radius 1 is 0.964 bits per heavy atom. The number of aryl methyl sites for hydroxylation is 1. The van der Waals surface area contributed by atoms with Crippen LogP contribution >= 0.6 is 0 Å². The third kappa shape index (κ3) is 4.50. The van der Waals surface area contributed by atoms with Gasteiger partial charge in [-0.05, 0) is 43.2 Å². The highest BCUT2D eigenvalue weighted by atomic mass is 19.1. The summed E-state index contributed by atoms with van der Waals surface area (Å²) in [6.45, 7) is 6.03. The molecule has 1 aliphatic rings. The summed E-state index contributed by atoms with van der Waals surface area (Å²) >= 11 is 0. The Hall–Kier alpha value is -2.89. The number of carbonyl (C=O) groups excluding carboxylic acids is 2. The summed E-state index contributed by atoms with van der Waals surface area (Å²) in [6.07, 6.45) is 0.286. The van der Waals surface area contributed by atoms with Crippen LogP contribution in [0.25, 0.3) is 0 Å². The van der Waals surface area contributed by atoms with Crippen molar-refractivity contribution in [2.24, 2.45) is 0 Å². The number of benzene rings is 2. The minimum Gasteiger partial charge on any atom is -0.493 e. The lowest BCUT2D eigenvalue weighted by Gasteiger charge is -2.35. The molecule has 0 saturated carbocycles. The SMILES string of the molecule is Cc1cccc(OCCC(=O)N2CCN(C(=O)c3ccccc3F)CC2)c1C. The molecule has 6 heteroatoms. The fourth-order valence-electron chi connectivity index (χ4n) is 3.25. The minimum absolute atomic E-state index is 0.00305. The molecule has 0 N–H and O–H groups in total. The Morgan fingerprint density at radius 3 is 2.36 bits per heavy atom. The highest BCUT2D eigenvalue weighted by molar-refractivity contribution is 5.94. The first kappa shape index (κ1) is 19.9. The van der Waals surface area contributed by atoms with Crippen molar-refractivity contribution in [3.05, 3.63) is 65.0 Å². The topological polar surface area (TPSA) is 49.9 Å². The summed E-state index contributed by atoms with van der Waals surface area (Å²) in [4.78, 5) is 28.2. The number of carbonyl (C=O) groups is 2. The lowest BCUT2D eigenvalue weighted by Crippen LogP contribution is -2.50. The van der Waals surface area contributed by atoms with E-state index in [9.17, 15) is 14.0 Å². The van der Waals surface area contributed by atoms with Crippen molar-refractivity contribution >= 4 is 11.8 Å². The van der Waals surface area contributed by atoms with E-state index in [0.717, 1.165) is 16.9 Å². The number of nitrogens with zero attached hydrogens (tertiary/aromatic N) is 2. The van der Waals surface area contributed by atoms with Gasteiger partial charge in [-0.25, -0.2) is 4.39 Å². The minimum atomic E-state index is -0.519. The van der Waals surface area contributed by atoms with Crippen molar-refractivity contribution < 1.29 is 18.7 Å². The van der Waals surface area contributed by atoms with Crippen LogP contribution in [0.5, 0.6) is 5.75 Å². The number of hydrogen-bond donors (Lipinski definition) is 0. The maximum Gasteiger partial charge on any atom is 0.256 e. The molecule has 0 spiro atoms. The molecule has 0 aromatic heterocycles. The van der Waals surface area contributed by atoms with Crippen LogP contribution < -0.4 is 4.74 Å². The van der Waals surface area contributed by atoms with Crippen molar-refractivity contribution in [1.29, 1.82) is 0 Å². The van der Waals surface area contributed by atoms with Gasteiger partial charge in [0.2, 0.25) is 5.91 Å². The summed E-state index contributed by atoms with van der Waals surface area (Å²) in [5.74, 6) is -0.0468. The summed E-state index contributed by atoms with van der Waals surface area (Å²) in [6, 6.07) is 11.8. The van der Waals surface area contributed by atoms with Gasteiger partial charge in [0.15, 0.2) is 0 Å². The van der Waals surface area contributed by atoms with Crippen LogP contribution in [0, 0.1) is 19.7 Å². The monoisotopic (exact) mass is 384 g/mol. The molecule has 2 amide bonds. The second-order valence-electron chi connectivity index (χ2n) is 6.95. The number of amides is 2. The van der Waals surface area contributed by atoms with Crippen LogP contribution in [-0.2, 0) is 4.79 Å². The first-order valence-electron chi connectivity index (χ1n) is 9.48. The lowest BCUT2D eigenvalue weighted by atomic mass is 10.1. The summed E-state index contributed by atoms with van der Waals surface area (Å²) in [7, 11) is 0. The van der Waals surface area contributed by atoms with E-state index in [-0.39, 0.29) is 23.8 Å². The lowest BCUT2D eigenvalue weighted by molar-refractivity contribution is -0.133. The zero-order valence-electron chi connectivity index (χ0n) is 16.3. The van der Waals surface area contributed by atoms with E-state index >= 15 is 0 Å². The van der Waals surface area contributed by atoms with Gasteiger partial charge in [-0.3, -0.25) is 9.59 Å². The quantitative estimate of drug-likeness (QED) is 0.796. The van der Waals surface area contributed by atoms with Crippen LogP contribution in [0.1, 0.15) is 27.9 Å². The van der Waals surface area contributed by atoms with Gasteiger partial charge in [0, 0.05) is 26.2 Å². The summed E-state index contributed by atoms with van der Waals surface area (Å²) in [5.41, 5.74) is 2.30. The molecule has 0 atom stereocenters. The molecule has 0 unspecified atom stereocenters. The van der Waals surface area contributed by atoms with E-state index in [4.69, 9.17) is 4.74 Å². The molecule has 0 aliphatic carbocycles. The smallest absolute Gasteiger partial charge is 0.256 e. The summed E-state index contributed by atoms with van der Waals surface area (Å²) < 4.78 is 19.6. The molecule has 148 valence electrons. The average molecular weight is 384 g/mol. The van der Waals surface area contributed by atoms with Crippen molar-refractivity contribution in [1.82, 2.24) is 9.80 Å². The van der Waals surface area contributed by atoms with Crippen LogP contribution in [0.4, 0.5) is 4.39 Å². The Kier molecular flexibility index (Phi) is 6.29. The highest BCUT2D eigenvalue weighted by Crippen LogP contribution is 2.20. The molecular formula is C22H25FN2O3. The van der Waals surface area contributed by atoms with E-state index in [2.05, 4.69) is 0 Å². The second-order valence-corrected chi connectivity index (χ2v) is 6.95. The average Bonchev–Trinajstić information content (AvgIpc) is 2.71. The van der Waals surface area contributed by atoms with Gasteiger partial charge in [0.1, 0.15) is 11.6 Å². The highest BCUT2D eigenvalue weighted by Gasteiger charge is 2.26. The predicted molar refractivity (Wildman–Crippen MR) is 105 cm³/mol. The first-order chi connectivity index (χ1) is 13.5. The predicted octanol–water partition coefficient (Wildman–Crippen LogP) is 3.20. The molecule has 28 heavy (non-hydrogen) atoms. The molecule has 2 aromatic rings.